The van der Waals surface area contributed by atoms with Crippen LogP contribution in [0.3, 0.4) is 0 Å². The fourth-order valence-electron chi connectivity index (χ4n) is 15.8. The highest BCUT2D eigenvalue weighted by molar-refractivity contribution is 7.26. The first kappa shape index (κ1) is 54.3. The van der Waals surface area contributed by atoms with Gasteiger partial charge in [-0.1, -0.05) is 164 Å². The molecule has 94 heavy (non-hydrogen) atoms. The Hall–Kier alpha value is -10.2. The van der Waals surface area contributed by atoms with Gasteiger partial charge in [0.2, 0.25) is 0 Å². The van der Waals surface area contributed by atoms with E-state index in [0.29, 0.717) is 11.8 Å². The van der Waals surface area contributed by atoms with E-state index in [1.807, 2.05) is 34.0 Å². The van der Waals surface area contributed by atoms with Crippen LogP contribution in [0.5, 0.6) is 0 Å². The largest absolute Gasteiger partial charge is 0.454 e. The van der Waals surface area contributed by atoms with Gasteiger partial charge in [-0.3, -0.25) is 0 Å². The van der Waals surface area contributed by atoms with Gasteiger partial charge in [0.15, 0.2) is 11.2 Å². The van der Waals surface area contributed by atoms with Gasteiger partial charge < -0.3 is 23.0 Å². The fraction of sp³-hybridized carbons (Fsp3) is 0.116. The van der Waals surface area contributed by atoms with Crippen molar-refractivity contribution in [3.8, 4) is 0 Å². The highest BCUT2D eigenvalue weighted by Gasteiger charge is 2.29. The first-order valence-corrected chi connectivity index (χ1v) is 35.2. The van der Waals surface area contributed by atoms with Crippen LogP contribution in [-0.4, -0.2) is 4.40 Å². The molecular weight excluding hydrogens is 1200 g/mol. The van der Waals surface area contributed by atoms with Crippen molar-refractivity contribution in [1.82, 2.24) is 4.40 Å². The van der Waals surface area contributed by atoms with Gasteiger partial charge in [0.25, 0.3) is 0 Å². The van der Waals surface area contributed by atoms with Crippen molar-refractivity contribution in [3.05, 3.63) is 247 Å². The average molecular weight is 1260 g/mol. The second kappa shape index (κ2) is 19.7. The zero-order chi connectivity index (χ0) is 62.7. The molecule has 0 aliphatic rings. The molecule has 0 aliphatic carbocycles. The van der Waals surface area contributed by atoms with E-state index < -0.39 is 0 Å². The summed E-state index contributed by atoms with van der Waals surface area (Å²) in [6.07, 6.45) is 0. The number of hydrogen-bond acceptors (Lipinski definition) is 7. The van der Waals surface area contributed by atoms with Gasteiger partial charge in [-0.25, -0.2) is 0 Å². The van der Waals surface area contributed by atoms with E-state index in [2.05, 4.69) is 293 Å². The number of rotatable bonds is 8. The van der Waals surface area contributed by atoms with E-state index in [1.165, 1.54) is 126 Å². The lowest BCUT2D eigenvalue weighted by atomic mass is 9.85. The zero-order valence-electron chi connectivity index (χ0n) is 53.0. The summed E-state index contributed by atoms with van der Waals surface area (Å²) in [4.78, 5) is 4.88. The predicted octanol–water partition coefficient (Wildman–Crippen LogP) is 27.4. The molecule has 7 aromatic heterocycles. The molecule has 0 fully saturated rings. The second-order valence-corrected chi connectivity index (χ2v) is 30.8. The van der Waals surface area contributed by atoms with Crippen LogP contribution in [0.25, 0.3) is 153 Å². The minimum absolute atomic E-state index is 0.102. The molecule has 7 heterocycles. The van der Waals surface area contributed by atoms with E-state index in [0.717, 1.165) is 78.0 Å². The Morgan fingerprint density at radius 2 is 0.787 bits per heavy atom. The summed E-state index contributed by atoms with van der Waals surface area (Å²) in [6, 6.07) is 87.1. The number of benzene rings is 13. The SMILES string of the molecule is CC(C)c1cccc2c1oc1c(N(c3ccc4c(c3)sc3cc5c(ccc6c5c5cc(C(C)(C)C)cc7c8ccc(N(c9ccc%10sc%11ccccc%11c%10c9)c9cccc%10c9oc9c(C(C)C)cccc9%10)cc8n6c75)cc34)c3ccc4sc5ccccc5c4c3)cccc12. The van der Waals surface area contributed by atoms with Crippen LogP contribution < -0.4 is 9.80 Å². The Morgan fingerprint density at radius 3 is 1.37 bits per heavy atom. The summed E-state index contributed by atoms with van der Waals surface area (Å²) in [5.74, 6) is 0.616. The molecule has 0 bridgehead atoms. The van der Waals surface area contributed by atoms with Gasteiger partial charge in [0.05, 0.1) is 27.9 Å². The van der Waals surface area contributed by atoms with Crippen molar-refractivity contribution in [2.24, 2.45) is 0 Å². The molecule has 0 radical (unpaired) electrons. The first-order chi connectivity index (χ1) is 45.9. The van der Waals surface area contributed by atoms with Gasteiger partial charge in [0, 0.05) is 126 Å². The van der Waals surface area contributed by atoms with Gasteiger partial charge in [-0.05, 0) is 160 Å². The Balaban J connectivity index is 0.796. The summed E-state index contributed by atoms with van der Waals surface area (Å²) in [6.45, 7) is 16.1. The molecule has 450 valence electrons. The van der Waals surface area contributed by atoms with Crippen LogP contribution in [0.1, 0.15) is 77.0 Å². The van der Waals surface area contributed by atoms with Crippen molar-refractivity contribution < 1.29 is 8.83 Å². The van der Waals surface area contributed by atoms with E-state index in [-0.39, 0.29) is 5.41 Å². The Labute approximate surface area is 553 Å². The number of hydrogen-bond donors (Lipinski definition) is 0. The van der Waals surface area contributed by atoms with E-state index in [1.54, 1.807) is 0 Å². The third kappa shape index (κ3) is 7.73. The summed E-state index contributed by atoms with van der Waals surface area (Å²) >= 11 is 5.60. The van der Waals surface area contributed by atoms with Crippen molar-refractivity contribution in [1.29, 1.82) is 0 Å². The molecule has 20 rings (SSSR count). The number of furan rings is 2. The Kier molecular flexibility index (Phi) is 11.4. The molecule has 0 amide bonds. The van der Waals surface area contributed by atoms with Crippen molar-refractivity contribution in [3.63, 3.8) is 0 Å². The van der Waals surface area contributed by atoms with Crippen LogP contribution in [0, 0.1) is 0 Å². The Bertz CT molecular complexity index is 6630. The van der Waals surface area contributed by atoms with Crippen molar-refractivity contribution in [2.45, 2.75) is 65.7 Å². The van der Waals surface area contributed by atoms with Crippen LogP contribution in [0.4, 0.5) is 34.1 Å². The highest BCUT2D eigenvalue weighted by atomic mass is 32.1. The molecule has 8 heteroatoms. The second-order valence-electron chi connectivity index (χ2n) is 27.5. The maximum Gasteiger partial charge on any atom is 0.159 e. The number of para-hydroxylation sites is 4. The normalized spacial score (nSPS) is 12.8. The van der Waals surface area contributed by atoms with Crippen molar-refractivity contribution in [2.75, 3.05) is 9.80 Å². The third-order valence-corrected chi connectivity index (χ3v) is 23.8. The van der Waals surface area contributed by atoms with E-state index >= 15 is 0 Å². The summed E-state index contributed by atoms with van der Waals surface area (Å²) in [5.41, 5.74) is 17.3. The number of nitrogens with zero attached hydrogens (tertiary/aromatic N) is 3. The van der Waals surface area contributed by atoms with Crippen LogP contribution in [0.2, 0.25) is 0 Å². The number of anilines is 6. The number of fused-ring (bicyclic) bond motifs is 23. The lowest BCUT2D eigenvalue weighted by molar-refractivity contribution is 0.592. The maximum absolute atomic E-state index is 7.17. The fourth-order valence-corrected chi connectivity index (χ4v) is 19.1. The minimum atomic E-state index is -0.102. The van der Waals surface area contributed by atoms with E-state index in [4.69, 9.17) is 8.83 Å². The zero-order valence-corrected chi connectivity index (χ0v) is 55.4. The van der Waals surface area contributed by atoms with Crippen LogP contribution in [0.15, 0.2) is 239 Å². The standard InChI is InChI=1S/C86H61N3O2S3/c1-46(2)54-18-12-20-60-62-22-14-24-71(84(62)90-82(54)60)87(50-31-36-76-66(41-50)57-16-8-10-26-74(57)92-76)52-29-33-56-68-39-49(86(5,6)7)40-69-80-64-45-79-65(38-48(64)28-35-70(80)89(81(68)69)73(56)43-52)59-34-30-53(44-78(59)94-79)88(51-32-37-77-67(42-51)58-17-9-11-27-75(58)93-77)72-25-15-23-63-61-21-13-19-55(47(3)4)83(61)91-85(63)72/h8-47H,1-7H3. The Morgan fingerprint density at radius 1 is 0.330 bits per heavy atom. The molecule has 0 N–H and O–H groups in total. The van der Waals surface area contributed by atoms with Crippen LogP contribution in [-0.2, 0) is 5.41 Å². The average Bonchev–Trinajstić information content (AvgIpc) is 1.53. The third-order valence-electron chi connectivity index (χ3n) is 20.3. The highest BCUT2D eigenvalue weighted by Crippen LogP contribution is 2.52. The molecule has 0 saturated carbocycles. The lowest BCUT2D eigenvalue weighted by Gasteiger charge is -2.26. The molecule has 0 aliphatic heterocycles. The van der Waals surface area contributed by atoms with Gasteiger partial charge in [-0.15, -0.1) is 34.0 Å². The summed E-state index contributed by atoms with van der Waals surface area (Å²) in [7, 11) is 0. The molecule has 20 aromatic rings. The monoisotopic (exact) mass is 1260 g/mol. The predicted molar refractivity (Wildman–Crippen MR) is 408 cm³/mol. The van der Waals surface area contributed by atoms with E-state index in [9.17, 15) is 0 Å². The topological polar surface area (TPSA) is 37.2 Å². The van der Waals surface area contributed by atoms with Crippen molar-refractivity contribution >= 4 is 221 Å². The van der Waals surface area contributed by atoms with Gasteiger partial charge in [-0.2, -0.15) is 0 Å². The molecule has 0 saturated heterocycles. The molecule has 5 nitrogen and oxygen atoms in total. The molecule has 0 atom stereocenters. The quantitative estimate of drug-likeness (QED) is 0.152. The first-order valence-electron chi connectivity index (χ1n) is 32.7. The smallest absolute Gasteiger partial charge is 0.159 e. The molecule has 0 spiro atoms. The molecule has 0 unspecified atom stereocenters. The summed E-state index contributed by atoms with van der Waals surface area (Å²) in [5, 5.41) is 19.7. The minimum Gasteiger partial charge on any atom is -0.454 e. The van der Waals surface area contributed by atoms with Gasteiger partial charge >= 0.3 is 0 Å². The number of aromatic nitrogens is 1. The van der Waals surface area contributed by atoms with Crippen LogP contribution >= 0.6 is 34.0 Å². The number of thiophene rings is 3. The van der Waals surface area contributed by atoms with Gasteiger partial charge in [0.1, 0.15) is 11.2 Å². The lowest BCUT2D eigenvalue weighted by Crippen LogP contribution is -2.10. The summed E-state index contributed by atoms with van der Waals surface area (Å²) < 4.78 is 24.5. The molecular formula is C86H61N3O2S3. The maximum atomic E-state index is 7.17. The molecule has 13 aromatic carbocycles.